The van der Waals surface area contributed by atoms with E-state index in [1.54, 1.807) is 49.4 Å². The van der Waals surface area contributed by atoms with Crippen molar-refractivity contribution in [2.45, 2.75) is 57.6 Å². The minimum Gasteiger partial charge on any atom is -0.352 e. The molecule has 3 rings (SSSR count). The molecule has 0 saturated heterocycles. The molecule has 0 heterocycles. The maximum atomic E-state index is 14.0. The predicted octanol–water partition coefficient (Wildman–Crippen LogP) is 6.48. The first-order valence-electron chi connectivity index (χ1n) is 12.7. The summed E-state index contributed by atoms with van der Waals surface area (Å²) in [6, 6.07) is 16.3. The zero-order valence-corrected chi connectivity index (χ0v) is 25.8. The van der Waals surface area contributed by atoms with Crippen LogP contribution in [0.25, 0.3) is 0 Å². The van der Waals surface area contributed by atoms with Crippen molar-refractivity contribution in [1.29, 1.82) is 0 Å². The zero-order chi connectivity index (χ0) is 29.6. The van der Waals surface area contributed by atoms with E-state index in [0.717, 1.165) is 9.87 Å². The topological polar surface area (TPSA) is 86.8 Å². The molecule has 0 aromatic heterocycles. The van der Waals surface area contributed by atoms with Crippen molar-refractivity contribution in [2.24, 2.45) is 0 Å². The highest BCUT2D eigenvalue weighted by Crippen LogP contribution is 2.29. The summed E-state index contributed by atoms with van der Waals surface area (Å²) in [7, 11) is -4.18. The number of carbonyl (C=O) groups excluding carboxylic acids is 2. The van der Waals surface area contributed by atoms with Gasteiger partial charge in [0.05, 0.1) is 10.6 Å². The van der Waals surface area contributed by atoms with Crippen LogP contribution in [0.15, 0.2) is 71.6 Å². The Morgan fingerprint density at radius 1 is 0.900 bits per heavy atom. The number of aryl methyl sites for hydroxylation is 1. The number of benzene rings is 3. The Hall–Kier alpha value is -2.78. The van der Waals surface area contributed by atoms with Crippen LogP contribution in [0.1, 0.15) is 38.3 Å². The van der Waals surface area contributed by atoms with Gasteiger partial charge in [-0.1, -0.05) is 65.5 Å². The summed E-state index contributed by atoms with van der Waals surface area (Å²) in [4.78, 5) is 28.4. The highest BCUT2D eigenvalue weighted by molar-refractivity contribution is 7.92. The molecular formula is C29H32Cl3N3O4S. The van der Waals surface area contributed by atoms with Gasteiger partial charge in [-0.3, -0.25) is 13.9 Å². The number of hydrogen-bond acceptors (Lipinski definition) is 4. The van der Waals surface area contributed by atoms with Gasteiger partial charge in [-0.05, 0) is 75.7 Å². The van der Waals surface area contributed by atoms with E-state index in [9.17, 15) is 18.0 Å². The molecule has 2 atom stereocenters. The Morgan fingerprint density at radius 3 is 2.02 bits per heavy atom. The number of carbonyl (C=O) groups is 2. The first kappa shape index (κ1) is 31.7. The number of nitrogens with zero attached hydrogens (tertiary/aromatic N) is 2. The van der Waals surface area contributed by atoms with Crippen LogP contribution in [0.4, 0.5) is 5.69 Å². The lowest BCUT2D eigenvalue weighted by atomic mass is 10.1. The molecule has 0 radical (unpaired) electrons. The van der Waals surface area contributed by atoms with E-state index in [2.05, 4.69) is 5.32 Å². The smallest absolute Gasteiger partial charge is 0.264 e. The van der Waals surface area contributed by atoms with Crippen molar-refractivity contribution in [1.82, 2.24) is 10.2 Å². The number of amides is 2. The molecule has 0 aliphatic heterocycles. The van der Waals surface area contributed by atoms with Gasteiger partial charge < -0.3 is 10.2 Å². The Balaban J connectivity index is 2.06. The molecule has 3 aromatic rings. The molecule has 0 saturated carbocycles. The summed E-state index contributed by atoms with van der Waals surface area (Å²) < 4.78 is 28.7. The first-order chi connectivity index (χ1) is 18.8. The summed E-state index contributed by atoms with van der Waals surface area (Å²) in [5.41, 5.74) is 1.57. The van der Waals surface area contributed by atoms with Gasteiger partial charge in [-0.2, -0.15) is 0 Å². The lowest BCUT2D eigenvalue weighted by Crippen LogP contribution is -2.52. The summed E-state index contributed by atoms with van der Waals surface area (Å²) in [5, 5.41) is 3.94. The third kappa shape index (κ3) is 7.69. The molecule has 0 aliphatic carbocycles. The van der Waals surface area contributed by atoms with E-state index < -0.39 is 28.5 Å². The average Bonchev–Trinajstić information content (AvgIpc) is 2.91. The largest absolute Gasteiger partial charge is 0.352 e. The van der Waals surface area contributed by atoms with Crippen LogP contribution in [-0.4, -0.2) is 43.8 Å². The Bertz CT molecular complexity index is 1430. The molecule has 3 aromatic carbocycles. The number of anilines is 1. The van der Waals surface area contributed by atoms with Gasteiger partial charge in [0.25, 0.3) is 10.0 Å². The number of hydrogen-bond donors (Lipinski definition) is 1. The average molecular weight is 625 g/mol. The number of sulfonamides is 1. The predicted molar refractivity (Wildman–Crippen MR) is 162 cm³/mol. The quantitative estimate of drug-likeness (QED) is 0.265. The second-order valence-electron chi connectivity index (χ2n) is 9.52. The number of rotatable bonds is 11. The third-order valence-corrected chi connectivity index (χ3v) is 9.31. The Kier molecular flexibility index (Phi) is 10.9. The number of halogens is 3. The molecule has 40 heavy (non-hydrogen) atoms. The van der Waals surface area contributed by atoms with Crippen molar-refractivity contribution >= 4 is 62.3 Å². The van der Waals surface area contributed by atoms with E-state index in [0.29, 0.717) is 27.1 Å². The highest BCUT2D eigenvalue weighted by Gasteiger charge is 2.33. The Labute approximate surface area is 251 Å². The highest BCUT2D eigenvalue weighted by atomic mass is 35.5. The maximum Gasteiger partial charge on any atom is 0.264 e. The van der Waals surface area contributed by atoms with Crippen molar-refractivity contribution in [2.75, 3.05) is 10.8 Å². The van der Waals surface area contributed by atoms with Crippen molar-refractivity contribution in [3.05, 3.63) is 92.9 Å². The summed E-state index contributed by atoms with van der Waals surface area (Å²) in [6.07, 6.45) is 0.696. The van der Waals surface area contributed by atoms with Crippen molar-refractivity contribution in [3.8, 4) is 0 Å². The van der Waals surface area contributed by atoms with Crippen LogP contribution in [0, 0.1) is 6.92 Å². The second-order valence-corrected chi connectivity index (χ2v) is 12.6. The second kappa shape index (κ2) is 13.7. The molecule has 1 N–H and O–H groups in total. The minimum absolute atomic E-state index is 0.0177. The zero-order valence-electron chi connectivity index (χ0n) is 22.7. The molecule has 7 nitrogen and oxygen atoms in total. The standard InChI is InChI=1S/C29H32Cl3N3O4S/c1-5-20(3)33-29(37)21(4)34(17-25-26(31)7-6-8-27(25)32)28(36)18-35(23-13-11-22(30)12-14-23)40(38,39)24-15-9-19(2)10-16-24/h6-16,20-21H,5,17-18H2,1-4H3,(H,33,37)/t20-,21+/m1/s1. The van der Waals surface area contributed by atoms with E-state index >= 15 is 0 Å². The van der Waals surface area contributed by atoms with E-state index in [-0.39, 0.29) is 29.1 Å². The molecule has 0 bridgehead atoms. The van der Waals surface area contributed by atoms with Gasteiger partial charge in [-0.15, -0.1) is 0 Å². The van der Waals surface area contributed by atoms with Gasteiger partial charge in [0.1, 0.15) is 12.6 Å². The van der Waals surface area contributed by atoms with Gasteiger partial charge in [0.2, 0.25) is 11.8 Å². The molecule has 11 heteroatoms. The summed E-state index contributed by atoms with van der Waals surface area (Å²) in [6.45, 7) is 6.54. The van der Waals surface area contributed by atoms with Gasteiger partial charge in [0.15, 0.2) is 0 Å². The van der Waals surface area contributed by atoms with E-state index in [4.69, 9.17) is 34.8 Å². The van der Waals surface area contributed by atoms with Crippen LogP contribution < -0.4 is 9.62 Å². The normalized spacial score (nSPS) is 12.9. The Morgan fingerprint density at radius 2 is 1.48 bits per heavy atom. The fourth-order valence-corrected chi connectivity index (χ4v) is 5.93. The molecular weight excluding hydrogens is 593 g/mol. The van der Waals surface area contributed by atoms with Crippen LogP contribution >= 0.6 is 34.8 Å². The van der Waals surface area contributed by atoms with Gasteiger partial charge in [0, 0.05) is 33.2 Å². The lowest BCUT2D eigenvalue weighted by molar-refractivity contribution is -0.139. The molecule has 2 amide bonds. The molecule has 0 fully saturated rings. The molecule has 214 valence electrons. The number of nitrogens with one attached hydrogen (secondary N) is 1. The van der Waals surface area contributed by atoms with Crippen molar-refractivity contribution < 1.29 is 18.0 Å². The molecule has 0 spiro atoms. The van der Waals surface area contributed by atoms with Gasteiger partial charge >= 0.3 is 0 Å². The first-order valence-corrected chi connectivity index (χ1v) is 15.3. The van der Waals surface area contributed by atoms with Crippen LogP contribution in [0.5, 0.6) is 0 Å². The monoisotopic (exact) mass is 623 g/mol. The van der Waals surface area contributed by atoms with Crippen LogP contribution in [0.3, 0.4) is 0 Å². The SMILES string of the molecule is CC[C@@H](C)NC(=O)[C@H](C)N(Cc1c(Cl)cccc1Cl)C(=O)CN(c1ccc(Cl)cc1)S(=O)(=O)c1ccc(C)cc1. The molecule has 0 unspecified atom stereocenters. The minimum atomic E-state index is -4.18. The van der Waals surface area contributed by atoms with E-state index in [1.165, 1.54) is 29.2 Å². The fraction of sp³-hybridized carbons (Fsp3) is 0.310. The van der Waals surface area contributed by atoms with Gasteiger partial charge in [-0.25, -0.2) is 8.42 Å². The summed E-state index contributed by atoms with van der Waals surface area (Å²) in [5.74, 6) is -1.00. The summed E-state index contributed by atoms with van der Waals surface area (Å²) >= 11 is 18.9. The van der Waals surface area contributed by atoms with E-state index in [1.807, 2.05) is 20.8 Å². The lowest BCUT2D eigenvalue weighted by Gasteiger charge is -2.32. The van der Waals surface area contributed by atoms with Crippen LogP contribution in [0.2, 0.25) is 15.1 Å². The fourth-order valence-electron chi connectivity index (χ4n) is 3.88. The van der Waals surface area contributed by atoms with Crippen molar-refractivity contribution in [3.63, 3.8) is 0 Å². The third-order valence-electron chi connectivity index (χ3n) is 6.56. The molecule has 0 aliphatic rings. The maximum absolute atomic E-state index is 14.0. The van der Waals surface area contributed by atoms with Crippen LogP contribution in [-0.2, 0) is 26.2 Å².